The Kier molecular flexibility index (Phi) is 5.13. The summed E-state index contributed by atoms with van der Waals surface area (Å²) >= 11 is 9.17. The number of rotatable bonds is 4. The van der Waals surface area contributed by atoms with Crippen molar-refractivity contribution in [1.82, 2.24) is 9.21 Å². The highest BCUT2D eigenvalue weighted by molar-refractivity contribution is 9.10. The standard InChI is InChI=1S/C13H18BrClN2O2S/c1-16-7-3-4-10(16)9-17(2)20(18,19)11-5-6-13(15)12(14)8-11/h5-6,8,10H,3-4,7,9H2,1-2H3. The van der Waals surface area contributed by atoms with Gasteiger partial charge in [0.15, 0.2) is 0 Å². The molecule has 1 aliphatic rings. The molecule has 2 rings (SSSR count). The molecule has 7 heteroatoms. The zero-order chi connectivity index (χ0) is 14.9. The van der Waals surface area contributed by atoms with Gasteiger partial charge in [0.1, 0.15) is 0 Å². The summed E-state index contributed by atoms with van der Waals surface area (Å²) in [6, 6.07) is 4.98. The first-order chi connectivity index (χ1) is 9.32. The lowest BCUT2D eigenvalue weighted by Crippen LogP contribution is -2.39. The summed E-state index contributed by atoms with van der Waals surface area (Å²) in [6.07, 6.45) is 2.17. The van der Waals surface area contributed by atoms with Crippen LogP contribution < -0.4 is 0 Å². The number of likely N-dealkylation sites (N-methyl/N-ethyl adjacent to an activating group) is 2. The quantitative estimate of drug-likeness (QED) is 0.805. The van der Waals surface area contributed by atoms with Crippen LogP contribution >= 0.6 is 27.5 Å². The van der Waals surface area contributed by atoms with Crippen LogP contribution in [0.2, 0.25) is 5.02 Å². The lowest BCUT2D eigenvalue weighted by molar-refractivity contribution is 0.271. The zero-order valence-electron chi connectivity index (χ0n) is 11.5. The Bertz CT molecular complexity index is 594. The lowest BCUT2D eigenvalue weighted by Gasteiger charge is -2.25. The van der Waals surface area contributed by atoms with E-state index in [0.29, 0.717) is 22.1 Å². The van der Waals surface area contributed by atoms with Gasteiger partial charge in [-0.05, 0) is 60.6 Å². The molecule has 1 unspecified atom stereocenters. The minimum atomic E-state index is -3.47. The fraction of sp³-hybridized carbons (Fsp3) is 0.538. The maximum atomic E-state index is 12.5. The van der Waals surface area contributed by atoms with Crippen LogP contribution in [-0.2, 0) is 10.0 Å². The van der Waals surface area contributed by atoms with Crippen molar-refractivity contribution in [3.63, 3.8) is 0 Å². The Hall–Kier alpha value is -0.140. The Morgan fingerprint density at radius 2 is 2.20 bits per heavy atom. The molecule has 0 aromatic heterocycles. The summed E-state index contributed by atoms with van der Waals surface area (Å²) in [4.78, 5) is 2.47. The largest absolute Gasteiger partial charge is 0.302 e. The van der Waals surface area contributed by atoms with Crippen molar-refractivity contribution >= 4 is 37.6 Å². The topological polar surface area (TPSA) is 40.6 Å². The fourth-order valence-corrected chi connectivity index (χ4v) is 4.30. The summed E-state index contributed by atoms with van der Waals surface area (Å²) < 4.78 is 27.1. The highest BCUT2D eigenvalue weighted by Crippen LogP contribution is 2.27. The fourth-order valence-electron chi connectivity index (χ4n) is 2.42. The van der Waals surface area contributed by atoms with Crippen LogP contribution in [-0.4, -0.2) is 50.8 Å². The molecule has 0 spiro atoms. The molecule has 1 aromatic rings. The monoisotopic (exact) mass is 380 g/mol. The number of halogens is 2. The van der Waals surface area contributed by atoms with Gasteiger partial charge in [-0.1, -0.05) is 11.6 Å². The Morgan fingerprint density at radius 3 is 2.75 bits per heavy atom. The van der Waals surface area contributed by atoms with E-state index in [1.807, 2.05) is 7.05 Å². The van der Waals surface area contributed by atoms with Gasteiger partial charge in [-0.15, -0.1) is 0 Å². The average molecular weight is 382 g/mol. The van der Waals surface area contributed by atoms with Crippen molar-refractivity contribution in [2.45, 2.75) is 23.8 Å². The van der Waals surface area contributed by atoms with E-state index < -0.39 is 10.0 Å². The molecule has 20 heavy (non-hydrogen) atoms. The van der Waals surface area contributed by atoms with Gasteiger partial charge in [-0.25, -0.2) is 8.42 Å². The van der Waals surface area contributed by atoms with Crippen molar-refractivity contribution in [3.8, 4) is 0 Å². The molecule has 112 valence electrons. The molecule has 1 aromatic carbocycles. The Morgan fingerprint density at radius 1 is 1.50 bits per heavy atom. The predicted molar refractivity (Wildman–Crippen MR) is 84.6 cm³/mol. The maximum Gasteiger partial charge on any atom is 0.242 e. The van der Waals surface area contributed by atoms with Crippen LogP contribution in [0.25, 0.3) is 0 Å². The minimum Gasteiger partial charge on any atom is -0.302 e. The van der Waals surface area contributed by atoms with E-state index in [4.69, 9.17) is 11.6 Å². The van der Waals surface area contributed by atoms with E-state index in [9.17, 15) is 8.42 Å². The summed E-state index contributed by atoms with van der Waals surface area (Å²) in [5.41, 5.74) is 0. The van der Waals surface area contributed by atoms with Crippen molar-refractivity contribution in [2.24, 2.45) is 0 Å². The average Bonchev–Trinajstić information content (AvgIpc) is 2.78. The molecule has 4 nitrogen and oxygen atoms in total. The minimum absolute atomic E-state index is 0.261. The normalized spacial score (nSPS) is 20.8. The molecule has 1 heterocycles. The van der Waals surface area contributed by atoms with Crippen LogP contribution in [0.3, 0.4) is 0 Å². The molecule has 1 saturated heterocycles. The van der Waals surface area contributed by atoms with Crippen molar-refractivity contribution < 1.29 is 8.42 Å². The number of benzene rings is 1. The second-order valence-electron chi connectivity index (χ2n) is 5.14. The highest BCUT2D eigenvalue weighted by Gasteiger charge is 2.28. The summed E-state index contributed by atoms with van der Waals surface area (Å²) in [6.45, 7) is 1.55. The van der Waals surface area contributed by atoms with Gasteiger partial charge in [0, 0.05) is 24.1 Å². The first-order valence-corrected chi connectivity index (χ1v) is 9.05. The zero-order valence-corrected chi connectivity index (χ0v) is 14.7. The van der Waals surface area contributed by atoms with Crippen LogP contribution in [0.5, 0.6) is 0 Å². The third kappa shape index (κ3) is 3.36. The van der Waals surface area contributed by atoms with E-state index in [1.165, 1.54) is 10.4 Å². The van der Waals surface area contributed by atoms with E-state index in [1.54, 1.807) is 19.2 Å². The molecule has 0 saturated carbocycles. The van der Waals surface area contributed by atoms with E-state index in [-0.39, 0.29) is 4.90 Å². The lowest BCUT2D eigenvalue weighted by atomic mass is 10.2. The molecule has 1 atom stereocenters. The molecule has 1 aliphatic heterocycles. The number of hydrogen-bond donors (Lipinski definition) is 0. The maximum absolute atomic E-state index is 12.5. The van der Waals surface area contributed by atoms with Gasteiger partial charge in [0.05, 0.1) is 9.92 Å². The summed E-state index contributed by atoms with van der Waals surface area (Å²) in [5, 5.41) is 0.502. The van der Waals surface area contributed by atoms with E-state index in [0.717, 1.165) is 19.4 Å². The van der Waals surface area contributed by atoms with Gasteiger partial charge < -0.3 is 4.90 Å². The molecule has 0 radical (unpaired) electrons. The molecule has 0 bridgehead atoms. The third-order valence-corrected chi connectivity index (χ3v) is 6.77. The molecular weight excluding hydrogens is 364 g/mol. The summed E-state index contributed by atoms with van der Waals surface area (Å²) in [5.74, 6) is 0. The highest BCUT2D eigenvalue weighted by atomic mass is 79.9. The van der Waals surface area contributed by atoms with Crippen molar-refractivity contribution in [3.05, 3.63) is 27.7 Å². The predicted octanol–water partition coefficient (Wildman–Crippen LogP) is 2.82. The molecule has 0 N–H and O–H groups in total. The second kappa shape index (κ2) is 6.32. The number of hydrogen-bond acceptors (Lipinski definition) is 3. The second-order valence-corrected chi connectivity index (χ2v) is 8.44. The number of likely N-dealkylation sites (tertiary alicyclic amines) is 1. The van der Waals surface area contributed by atoms with E-state index in [2.05, 4.69) is 20.8 Å². The SMILES string of the molecule is CN1CCCC1CN(C)S(=O)(=O)c1ccc(Cl)c(Br)c1. The Labute approximate surface area is 133 Å². The van der Waals surface area contributed by atoms with Crippen molar-refractivity contribution in [1.29, 1.82) is 0 Å². The van der Waals surface area contributed by atoms with Gasteiger partial charge in [-0.3, -0.25) is 0 Å². The van der Waals surface area contributed by atoms with Gasteiger partial charge in [-0.2, -0.15) is 4.31 Å². The van der Waals surface area contributed by atoms with Crippen LogP contribution in [0.1, 0.15) is 12.8 Å². The van der Waals surface area contributed by atoms with Gasteiger partial charge in [0.25, 0.3) is 0 Å². The smallest absolute Gasteiger partial charge is 0.242 e. The van der Waals surface area contributed by atoms with Gasteiger partial charge in [0.2, 0.25) is 10.0 Å². The first kappa shape index (κ1) is 16.2. The molecule has 1 fully saturated rings. The first-order valence-electron chi connectivity index (χ1n) is 6.44. The molecule has 0 amide bonds. The number of nitrogens with zero attached hydrogens (tertiary/aromatic N) is 2. The van der Waals surface area contributed by atoms with Crippen LogP contribution in [0, 0.1) is 0 Å². The summed E-state index contributed by atoms with van der Waals surface area (Å²) in [7, 11) is 0.197. The molecule has 0 aliphatic carbocycles. The van der Waals surface area contributed by atoms with Gasteiger partial charge >= 0.3 is 0 Å². The van der Waals surface area contributed by atoms with E-state index >= 15 is 0 Å². The van der Waals surface area contributed by atoms with Crippen LogP contribution in [0.4, 0.5) is 0 Å². The molecular formula is C13H18BrClN2O2S. The third-order valence-electron chi connectivity index (χ3n) is 3.74. The van der Waals surface area contributed by atoms with Crippen molar-refractivity contribution in [2.75, 3.05) is 27.2 Å². The Balaban J connectivity index is 2.18. The van der Waals surface area contributed by atoms with Crippen LogP contribution in [0.15, 0.2) is 27.6 Å². The number of sulfonamides is 1.